The van der Waals surface area contributed by atoms with Gasteiger partial charge in [-0.15, -0.1) is 0 Å². The zero-order valence-electron chi connectivity index (χ0n) is 18.9. The van der Waals surface area contributed by atoms with Crippen LogP contribution in [0.5, 0.6) is 0 Å². The Morgan fingerprint density at radius 2 is 1.74 bits per heavy atom. The molecule has 0 atom stereocenters. The topological polar surface area (TPSA) is 89.4 Å². The molecule has 0 spiro atoms. The molecule has 0 bridgehead atoms. The molecule has 10 heteroatoms. The molecule has 0 aliphatic carbocycles. The Kier molecular flexibility index (Phi) is 6.21. The third kappa shape index (κ3) is 4.49. The van der Waals surface area contributed by atoms with Gasteiger partial charge in [0.2, 0.25) is 17.6 Å². The van der Waals surface area contributed by atoms with Crippen molar-refractivity contribution in [1.29, 1.82) is 0 Å². The van der Waals surface area contributed by atoms with E-state index in [9.17, 15) is 9.59 Å². The monoisotopic (exact) mass is 480 g/mol. The Balaban J connectivity index is 1.14. The van der Waals surface area contributed by atoms with E-state index in [2.05, 4.69) is 15.0 Å². The molecule has 0 unspecified atom stereocenters. The second-order valence-electron chi connectivity index (χ2n) is 8.41. The molecule has 2 aromatic carbocycles. The van der Waals surface area contributed by atoms with Gasteiger partial charge in [-0.1, -0.05) is 28.9 Å². The van der Waals surface area contributed by atoms with Crippen LogP contribution in [0.1, 0.15) is 12.3 Å². The van der Waals surface area contributed by atoms with Gasteiger partial charge >= 0.3 is 5.69 Å². The van der Waals surface area contributed by atoms with Crippen molar-refractivity contribution in [3.8, 4) is 11.4 Å². The second kappa shape index (κ2) is 9.44. The quantitative estimate of drug-likeness (QED) is 0.421. The van der Waals surface area contributed by atoms with Crippen molar-refractivity contribution in [3.05, 3.63) is 69.9 Å². The number of benzene rings is 2. The smallest absolute Gasteiger partial charge is 0.328 e. The van der Waals surface area contributed by atoms with Crippen LogP contribution in [0.4, 0.5) is 0 Å². The van der Waals surface area contributed by atoms with Crippen LogP contribution in [-0.4, -0.2) is 61.2 Å². The predicted octanol–water partition coefficient (Wildman–Crippen LogP) is 2.78. The number of aryl methyl sites for hydroxylation is 2. The summed E-state index contributed by atoms with van der Waals surface area (Å²) in [7, 11) is 1.75. The Morgan fingerprint density at radius 3 is 2.47 bits per heavy atom. The summed E-state index contributed by atoms with van der Waals surface area (Å²) in [6, 6.07) is 14.9. The van der Waals surface area contributed by atoms with Gasteiger partial charge in [-0.05, 0) is 36.4 Å². The van der Waals surface area contributed by atoms with Crippen molar-refractivity contribution in [1.82, 2.24) is 29.1 Å². The average Bonchev–Trinajstić information content (AvgIpc) is 3.41. The minimum Gasteiger partial charge on any atom is -0.340 e. The molecule has 0 N–H and O–H groups in total. The minimum absolute atomic E-state index is 0.0577. The lowest BCUT2D eigenvalue weighted by Gasteiger charge is -2.34. The van der Waals surface area contributed by atoms with Gasteiger partial charge in [0.1, 0.15) is 0 Å². The molecule has 0 radical (unpaired) electrons. The first kappa shape index (κ1) is 22.4. The summed E-state index contributed by atoms with van der Waals surface area (Å²) in [5, 5.41) is 4.71. The minimum atomic E-state index is -0.101. The summed E-state index contributed by atoms with van der Waals surface area (Å²) in [5.74, 6) is 1.13. The molecule has 1 fully saturated rings. The van der Waals surface area contributed by atoms with E-state index in [0.29, 0.717) is 49.3 Å². The SMILES string of the molecule is Cn1c(=O)n(CCC(=O)N2CCN(Cc3nc(-c4ccc(Cl)cc4)no3)CC2)c2ccccc21. The highest BCUT2D eigenvalue weighted by Gasteiger charge is 2.23. The molecule has 176 valence electrons. The van der Waals surface area contributed by atoms with E-state index in [4.69, 9.17) is 16.1 Å². The van der Waals surface area contributed by atoms with Gasteiger partial charge in [-0.25, -0.2) is 4.79 Å². The van der Waals surface area contributed by atoms with Crippen molar-refractivity contribution in [2.45, 2.75) is 19.5 Å². The maximum atomic E-state index is 12.8. The highest BCUT2D eigenvalue weighted by atomic mass is 35.5. The number of rotatable bonds is 6. The highest BCUT2D eigenvalue weighted by molar-refractivity contribution is 6.30. The van der Waals surface area contributed by atoms with Crippen LogP contribution < -0.4 is 5.69 Å². The first-order valence-corrected chi connectivity index (χ1v) is 11.6. The van der Waals surface area contributed by atoms with Crippen LogP contribution >= 0.6 is 11.6 Å². The van der Waals surface area contributed by atoms with E-state index in [1.165, 1.54) is 0 Å². The van der Waals surface area contributed by atoms with Gasteiger partial charge in [0.25, 0.3) is 0 Å². The summed E-state index contributed by atoms with van der Waals surface area (Å²) in [5.41, 5.74) is 2.47. The van der Waals surface area contributed by atoms with Gasteiger partial charge in [-0.2, -0.15) is 4.98 Å². The lowest BCUT2D eigenvalue weighted by Crippen LogP contribution is -2.48. The molecule has 34 heavy (non-hydrogen) atoms. The van der Waals surface area contributed by atoms with E-state index in [0.717, 1.165) is 29.7 Å². The predicted molar refractivity (Wildman–Crippen MR) is 128 cm³/mol. The molecule has 0 saturated carbocycles. The summed E-state index contributed by atoms with van der Waals surface area (Å²) in [4.78, 5) is 33.9. The van der Waals surface area contributed by atoms with Crippen LogP contribution in [0, 0.1) is 0 Å². The van der Waals surface area contributed by atoms with Crippen molar-refractivity contribution in [2.75, 3.05) is 26.2 Å². The Labute approximate surface area is 201 Å². The normalized spacial score (nSPS) is 14.7. The van der Waals surface area contributed by atoms with Gasteiger partial charge < -0.3 is 9.42 Å². The number of amides is 1. The summed E-state index contributed by atoms with van der Waals surface area (Å²) in [6.45, 7) is 3.60. The zero-order valence-corrected chi connectivity index (χ0v) is 19.6. The first-order chi connectivity index (χ1) is 16.5. The Hall–Kier alpha value is -3.43. The van der Waals surface area contributed by atoms with Crippen molar-refractivity contribution in [3.63, 3.8) is 0 Å². The average molecular weight is 481 g/mol. The lowest BCUT2D eigenvalue weighted by atomic mass is 10.2. The van der Waals surface area contributed by atoms with E-state index < -0.39 is 0 Å². The molecule has 4 aromatic rings. The first-order valence-electron chi connectivity index (χ1n) is 11.2. The number of fused-ring (bicyclic) bond motifs is 1. The van der Waals surface area contributed by atoms with Gasteiger partial charge in [-0.3, -0.25) is 18.8 Å². The van der Waals surface area contributed by atoms with E-state index >= 15 is 0 Å². The number of nitrogens with zero attached hydrogens (tertiary/aromatic N) is 6. The van der Waals surface area contributed by atoms with Gasteiger partial charge in [0.15, 0.2) is 0 Å². The number of piperazine rings is 1. The fourth-order valence-corrected chi connectivity index (χ4v) is 4.45. The molecule has 1 aliphatic rings. The van der Waals surface area contributed by atoms with E-state index in [-0.39, 0.29) is 11.6 Å². The molecule has 1 aliphatic heterocycles. The Bertz CT molecular complexity index is 1370. The molecular weight excluding hydrogens is 456 g/mol. The number of hydrogen-bond acceptors (Lipinski definition) is 6. The van der Waals surface area contributed by atoms with Crippen molar-refractivity contribution >= 4 is 28.5 Å². The fourth-order valence-electron chi connectivity index (χ4n) is 4.33. The third-order valence-corrected chi connectivity index (χ3v) is 6.51. The van der Waals surface area contributed by atoms with Gasteiger partial charge in [0, 0.05) is 56.8 Å². The second-order valence-corrected chi connectivity index (χ2v) is 8.84. The third-order valence-electron chi connectivity index (χ3n) is 6.26. The maximum absolute atomic E-state index is 12.8. The number of halogens is 1. The maximum Gasteiger partial charge on any atom is 0.328 e. The lowest BCUT2D eigenvalue weighted by molar-refractivity contribution is -0.133. The molecule has 9 nitrogen and oxygen atoms in total. The highest BCUT2D eigenvalue weighted by Crippen LogP contribution is 2.19. The molecule has 3 heterocycles. The number of carbonyl (C=O) groups excluding carboxylic acids is 1. The Morgan fingerprint density at radius 1 is 1.03 bits per heavy atom. The molecule has 1 amide bonds. The van der Waals surface area contributed by atoms with Crippen LogP contribution in [0.15, 0.2) is 57.8 Å². The summed E-state index contributed by atoms with van der Waals surface area (Å²) in [6.07, 6.45) is 0.294. The number of aromatic nitrogens is 4. The van der Waals surface area contributed by atoms with E-state index in [1.54, 1.807) is 28.3 Å². The van der Waals surface area contributed by atoms with Crippen molar-refractivity contribution in [2.24, 2.45) is 7.05 Å². The number of imidazole rings is 1. The van der Waals surface area contributed by atoms with Crippen LogP contribution in [0.2, 0.25) is 5.02 Å². The largest absolute Gasteiger partial charge is 0.340 e. The van der Waals surface area contributed by atoms with Crippen LogP contribution in [-0.2, 0) is 24.9 Å². The molecule has 2 aromatic heterocycles. The summed E-state index contributed by atoms with van der Waals surface area (Å²) >= 11 is 5.93. The zero-order chi connectivity index (χ0) is 23.7. The molecular formula is C24H25ClN6O3. The fraction of sp³-hybridized carbons (Fsp3) is 0.333. The molecule has 5 rings (SSSR count). The van der Waals surface area contributed by atoms with Gasteiger partial charge in [0.05, 0.1) is 17.6 Å². The van der Waals surface area contributed by atoms with Crippen molar-refractivity contribution < 1.29 is 9.32 Å². The van der Waals surface area contributed by atoms with Crippen LogP contribution in [0.3, 0.4) is 0 Å². The number of carbonyl (C=O) groups is 1. The standard InChI is InChI=1S/C24H25ClN6O3/c1-28-19-4-2-3-5-20(19)31(24(28)33)11-10-22(32)30-14-12-29(13-15-30)16-21-26-23(27-34-21)17-6-8-18(25)9-7-17/h2-9H,10-16H2,1H3. The number of hydrogen-bond donors (Lipinski definition) is 0. The van der Waals surface area contributed by atoms with E-state index in [1.807, 2.05) is 41.3 Å². The van der Waals surface area contributed by atoms with Crippen LogP contribution in [0.25, 0.3) is 22.4 Å². The summed E-state index contributed by atoms with van der Waals surface area (Å²) < 4.78 is 8.71. The number of para-hydroxylation sites is 2. The molecule has 1 saturated heterocycles.